The molecule has 0 aliphatic carbocycles. The van der Waals surface area contributed by atoms with Gasteiger partial charge in [0.2, 0.25) is 0 Å². The molecule has 126 valence electrons. The second kappa shape index (κ2) is 7.19. The lowest BCUT2D eigenvalue weighted by molar-refractivity contribution is -0.195. The lowest BCUT2D eigenvalue weighted by Crippen LogP contribution is -2.46. The Morgan fingerprint density at radius 2 is 1.27 bits per heavy atom. The molecule has 0 saturated heterocycles. The molecular weight excluding hydrogens is 315 g/mol. The Kier molecular flexibility index (Phi) is 6.08. The standard InChI is InChI=1S/C14H16F7N/c15-12(16,9-5-2-6-10-13(17,18)19)14(20,21)22-11-7-3-1-4-8-11/h1,3-4,7-8,22H,2,5-6,9-10H2. The van der Waals surface area contributed by atoms with E-state index in [1.165, 1.54) is 29.6 Å². The van der Waals surface area contributed by atoms with E-state index in [4.69, 9.17) is 0 Å². The summed E-state index contributed by atoms with van der Waals surface area (Å²) in [5.41, 5.74) is -0.163. The molecule has 1 nitrogen and oxygen atoms in total. The first-order valence-corrected chi connectivity index (χ1v) is 6.69. The Hall–Kier alpha value is -1.47. The van der Waals surface area contributed by atoms with Crippen LogP contribution in [0, 0.1) is 0 Å². The lowest BCUT2D eigenvalue weighted by atomic mass is 10.1. The van der Waals surface area contributed by atoms with Crippen molar-refractivity contribution in [1.82, 2.24) is 0 Å². The van der Waals surface area contributed by atoms with E-state index in [0.29, 0.717) is 0 Å². The molecule has 0 radical (unpaired) electrons. The average Bonchev–Trinajstić information content (AvgIpc) is 2.37. The van der Waals surface area contributed by atoms with Crippen LogP contribution in [0.4, 0.5) is 36.4 Å². The Morgan fingerprint density at radius 1 is 0.727 bits per heavy atom. The van der Waals surface area contributed by atoms with Crippen LogP contribution in [0.2, 0.25) is 0 Å². The van der Waals surface area contributed by atoms with Gasteiger partial charge in [0.15, 0.2) is 0 Å². The molecule has 0 aliphatic heterocycles. The number of hydrogen-bond acceptors (Lipinski definition) is 1. The van der Waals surface area contributed by atoms with Crippen molar-refractivity contribution in [2.24, 2.45) is 0 Å². The van der Waals surface area contributed by atoms with Gasteiger partial charge in [-0.05, 0) is 25.0 Å². The zero-order valence-electron chi connectivity index (χ0n) is 11.6. The third-order valence-electron chi connectivity index (χ3n) is 2.99. The molecule has 0 spiro atoms. The van der Waals surface area contributed by atoms with Gasteiger partial charge in [0.05, 0.1) is 0 Å². The van der Waals surface area contributed by atoms with Gasteiger partial charge in [0.25, 0.3) is 0 Å². The van der Waals surface area contributed by atoms with E-state index in [2.05, 4.69) is 0 Å². The van der Waals surface area contributed by atoms with Gasteiger partial charge in [-0.1, -0.05) is 24.6 Å². The maximum atomic E-state index is 13.5. The third kappa shape index (κ3) is 6.11. The molecule has 0 amide bonds. The van der Waals surface area contributed by atoms with E-state index in [-0.39, 0.29) is 18.5 Å². The van der Waals surface area contributed by atoms with Crippen LogP contribution in [0.5, 0.6) is 0 Å². The smallest absolute Gasteiger partial charge is 0.322 e. The van der Waals surface area contributed by atoms with E-state index < -0.39 is 37.4 Å². The van der Waals surface area contributed by atoms with Crippen LogP contribution in [0.1, 0.15) is 32.1 Å². The summed E-state index contributed by atoms with van der Waals surface area (Å²) in [4.78, 5) is 0. The van der Waals surface area contributed by atoms with Crippen molar-refractivity contribution >= 4 is 5.69 Å². The van der Waals surface area contributed by atoms with Crippen molar-refractivity contribution in [3.05, 3.63) is 30.3 Å². The predicted octanol–water partition coefficient (Wildman–Crippen LogP) is 5.84. The topological polar surface area (TPSA) is 12.0 Å². The Labute approximate surface area is 123 Å². The minimum atomic E-state index is -4.47. The van der Waals surface area contributed by atoms with Gasteiger partial charge in [0, 0.05) is 18.5 Å². The summed E-state index contributed by atoms with van der Waals surface area (Å²) >= 11 is 0. The Balaban J connectivity index is 2.46. The quantitative estimate of drug-likeness (QED) is 0.358. The molecule has 1 aromatic rings. The normalized spacial score (nSPS) is 13.2. The molecule has 22 heavy (non-hydrogen) atoms. The molecular formula is C14H16F7N. The molecule has 8 heteroatoms. The van der Waals surface area contributed by atoms with Crippen molar-refractivity contribution < 1.29 is 30.7 Å². The monoisotopic (exact) mass is 331 g/mol. The summed E-state index contributed by atoms with van der Waals surface area (Å²) in [5.74, 6) is -4.35. The van der Waals surface area contributed by atoms with E-state index >= 15 is 0 Å². The highest BCUT2D eigenvalue weighted by molar-refractivity contribution is 5.44. The highest BCUT2D eigenvalue weighted by atomic mass is 19.4. The van der Waals surface area contributed by atoms with Crippen molar-refractivity contribution in [3.63, 3.8) is 0 Å². The van der Waals surface area contributed by atoms with Gasteiger partial charge >= 0.3 is 18.1 Å². The Bertz CT molecular complexity index is 442. The van der Waals surface area contributed by atoms with Gasteiger partial charge < -0.3 is 5.32 Å². The number of alkyl halides is 7. The van der Waals surface area contributed by atoms with E-state index in [1.807, 2.05) is 0 Å². The van der Waals surface area contributed by atoms with Gasteiger partial charge in [-0.2, -0.15) is 30.7 Å². The third-order valence-corrected chi connectivity index (χ3v) is 2.99. The highest BCUT2D eigenvalue weighted by Crippen LogP contribution is 2.39. The summed E-state index contributed by atoms with van der Waals surface area (Å²) in [6, 6.07) is 2.32. The predicted molar refractivity (Wildman–Crippen MR) is 69.1 cm³/mol. The molecule has 0 aliphatic rings. The van der Waals surface area contributed by atoms with Crippen molar-refractivity contribution in [2.45, 2.75) is 50.2 Å². The van der Waals surface area contributed by atoms with Crippen LogP contribution in [0.15, 0.2) is 30.3 Å². The Morgan fingerprint density at radius 3 is 1.82 bits per heavy atom. The summed E-state index contributed by atoms with van der Waals surface area (Å²) in [6.07, 6.45) is -7.58. The highest BCUT2D eigenvalue weighted by Gasteiger charge is 2.55. The van der Waals surface area contributed by atoms with Crippen molar-refractivity contribution in [2.75, 3.05) is 5.32 Å². The van der Waals surface area contributed by atoms with E-state index in [9.17, 15) is 30.7 Å². The van der Waals surface area contributed by atoms with Crippen LogP contribution in [-0.4, -0.2) is 18.1 Å². The van der Waals surface area contributed by atoms with Crippen LogP contribution >= 0.6 is 0 Å². The van der Waals surface area contributed by atoms with Crippen LogP contribution in [-0.2, 0) is 0 Å². The summed E-state index contributed by atoms with van der Waals surface area (Å²) in [5, 5.41) is 1.46. The van der Waals surface area contributed by atoms with E-state index in [0.717, 1.165) is 0 Å². The molecule has 1 aromatic carbocycles. The molecule has 1 rings (SSSR count). The van der Waals surface area contributed by atoms with Gasteiger partial charge in [0.1, 0.15) is 0 Å². The van der Waals surface area contributed by atoms with Gasteiger partial charge in [-0.25, -0.2) is 0 Å². The number of rotatable bonds is 8. The number of halogens is 7. The van der Waals surface area contributed by atoms with Crippen molar-refractivity contribution in [3.8, 4) is 0 Å². The minimum Gasteiger partial charge on any atom is -0.322 e. The fourth-order valence-electron chi connectivity index (χ4n) is 1.80. The molecule has 0 saturated carbocycles. The van der Waals surface area contributed by atoms with Crippen LogP contribution < -0.4 is 5.32 Å². The second-order valence-corrected chi connectivity index (χ2v) is 4.95. The fourth-order valence-corrected chi connectivity index (χ4v) is 1.80. The van der Waals surface area contributed by atoms with E-state index in [1.54, 1.807) is 6.07 Å². The first-order chi connectivity index (χ1) is 10.0. The maximum absolute atomic E-state index is 13.5. The van der Waals surface area contributed by atoms with Crippen LogP contribution in [0.25, 0.3) is 0 Å². The number of para-hydroxylation sites is 1. The summed E-state index contributed by atoms with van der Waals surface area (Å²) in [6.45, 7) is 0. The molecule has 0 aromatic heterocycles. The number of benzene rings is 1. The molecule has 1 N–H and O–H groups in total. The molecule has 0 heterocycles. The van der Waals surface area contributed by atoms with Crippen molar-refractivity contribution in [1.29, 1.82) is 0 Å². The minimum absolute atomic E-state index is 0.163. The molecule has 0 bridgehead atoms. The van der Waals surface area contributed by atoms with Gasteiger partial charge in [-0.3, -0.25) is 0 Å². The largest absolute Gasteiger partial charge is 0.389 e. The first-order valence-electron chi connectivity index (χ1n) is 6.69. The lowest BCUT2D eigenvalue weighted by Gasteiger charge is -2.28. The molecule has 0 fully saturated rings. The first kappa shape index (κ1) is 18.6. The summed E-state index contributed by atoms with van der Waals surface area (Å²) in [7, 11) is 0. The summed E-state index contributed by atoms with van der Waals surface area (Å²) < 4.78 is 89.7. The number of nitrogens with one attached hydrogen (secondary N) is 1. The van der Waals surface area contributed by atoms with Gasteiger partial charge in [-0.15, -0.1) is 0 Å². The molecule has 0 unspecified atom stereocenters. The fraction of sp³-hybridized carbons (Fsp3) is 0.571. The number of unbranched alkanes of at least 4 members (excludes halogenated alkanes) is 2. The SMILES string of the molecule is FC(F)(F)CCCCCC(F)(F)C(F)(F)Nc1ccccc1. The van der Waals surface area contributed by atoms with Crippen LogP contribution in [0.3, 0.4) is 0 Å². The second-order valence-electron chi connectivity index (χ2n) is 4.95. The number of anilines is 1. The average molecular weight is 331 g/mol. The number of hydrogen-bond donors (Lipinski definition) is 1. The zero-order chi connectivity index (χ0) is 16.9. The maximum Gasteiger partial charge on any atom is 0.389 e. The zero-order valence-corrected chi connectivity index (χ0v) is 11.6. The molecule has 0 atom stereocenters.